The summed E-state index contributed by atoms with van der Waals surface area (Å²) in [5, 5.41) is 8.43. The number of carboxylic acid groups (broad SMARTS) is 1. The topological polar surface area (TPSA) is 84.9 Å². The lowest BCUT2D eigenvalue weighted by Gasteiger charge is -2.15. The standard InChI is InChI=1S/C12H15NO5/c1-17-12(16)10(13-18-8-11(14)15)7-9-5-3-2-4-6-9/h2-6,10,13H,7-8H2,1H3,(H,14,15)/t10-/m0/s1. The van der Waals surface area contributed by atoms with Crippen LogP contribution in [0, 0.1) is 0 Å². The molecule has 0 heterocycles. The summed E-state index contributed by atoms with van der Waals surface area (Å²) in [7, 11) is 1.26. The summed E-state index contributed by atoms with van der Waals surface area (Å²) in [6, 6.07) is 8.54. The Labute approximate surface area is 104 Å². The molecule has 2 N–H and O–H groups in total. The molecule has 0 bridgehead atoms. The van der Waals surface area contributed by atoms with Gasteiger partial charge in [0.15, 0.2) is 6.61 Å². The number of hydroxylamine groups is 1. The first-order valence-corrected chi connectivity index (χ1v) is 5.34. The van der Waals surface area contributed by atoms with Gasteiger partial charge in [-0.2, -0.15) is 5.48 Å². The molecule has 0 spiro atoms. The molecule has 0 saturated heterocycles. The van der Waals surface area contributed by atoms with E-state index in [0.717, 1.165) is 5.56 Å². The van der Waals surface area contributed by atoms with Crippen LogP contribution in [0.5, 0.6) is 0 Å². The van der Waals surface area contributed by atoms with Crippen molar-refractivity contribution in [2.24, 2.45) is 0 Å². The van der Waals surface area contributed by atoms with Crippen molar-refractivity contribution in [3.05, 3.63) is 35.9 Å². The van der Waals surface area contributed by atoms with Crippen molar-refractivity contribution in [3.8, 4) is 0 Å². The van der Waals surface area contributed by atoms with E-state index in [9.17, 15) is 9.59 Å². The second-order valence-electron chi connectivity index (χ2n) is 3.57. The van der Waals surface area contributed by atoms with Gasteiger partial charge in [-0.05, 0) is 5.56 Å². The molecule has 6 heteroatoms. The molecule has 98 valence electrons. The summed E-state index contributed by atoms with van der Waals surface area (Å²) in [6.45, 7) is -0.526. The van der Waals surface area contributed by atoms with Gasteiger partial charge in [0, 0.05) is 6.42 Å². The van der Waals surface area contributed by atoms with Gasteiger partial charge in [-0.15, -0.1) is 0 Å². The maximum atomic E-state index is 11.5. The van der Waals surface area contributed by atoms with E-state index in [1.807, 2.05) is 30.3 Å². The Balaban J connectivity index is 2.56. The van der Waals surface area contributed by atoms with Crippen molar-refractivity contribution >= 4 is 11.9 Å². The second-order valence-corrected chi connectivity index (χ2v) is 3.57. The predicted molar refractivity (Wildman–Crippen MR) is 62.7 cm³/mol. The highest BCUT2D eigenvalue weighted by molar-refractivity contribution is 5.76. The Kier molecular flexibility index (Phi) is 5.83. The molecule has 1 atom stereocenters. The van der Waals surface area contributed by atoms with Gasteiger partial charge >= 0.3 is 11.9 Å². The molecule has 0 aliphatic carbocycles. The molecule has 0 aliphatic rings. The van der Waals surface area contributed by atoms with Crippen molar-refractivity contribution < 1.29 is 24.3 Å². The van der Waals surface area contributed by atoms with Crippen LogP contribution in [0.15, 0.2) is 30.3 Å². The van der Waals surface area contributed by atoms with Gasteiger partial charge in [0.25, 0.3) is 0 Å². The first-order valence-electron chi connectivity index (χ1n) is 5.34. The molecular weight excluding hydrogens is 238 g/mol. The first kappa shape index (κ1) is 14.1. The number of hydrogen-bond donors (Lipinski definition) is 2. The van der Waals surface area contributed by atoms with E-state index >= 15 is 0 Å². The highest BCUT2D eigenvalue weighted by Gasteiger charge is 2.20. The molecule has 1 aromatic carbocycles. The Morgan fingerprint density at radius 3 is 2.56 bits per heavy atom. The van der Waals surface area contributed by atoms with Gasteiger partial charge < -0.3 is 9.84 Å². The van der Waals surface area contributed by atoms with Crippen LogP contribution in [0.1, 0.15) is 5.56 Å². The Hall–Kier alpha value is -1.92. The fraction of sp³-hybridized carbons (Fsp3) is 0.333. The third-order valence-electron chi connectivity index (χ3n) is 2.19. The minimum Gasteiger partial charge on any atom is -0.479 e. The number of ether oxygens (including phenoxy) is 1. The van der Waals surface area contributed by atoms with Gasteiger partial charge in [-0.25, -0.2) is 4.79 Å². The second kappa shape index (κ2) is 7.41. The largest absolute Gasteiger partial charge is 0.479 e. The molecule has 0 aliphatic heterocycles. The van der Waals surface area contributed by atoms with Crippen LogP contribution >= 0.6 is 0 Å². The third kappa shape index (κ3) is 4.94. The molecule has 6 nitrogen and oxygen atoms in total. The number of hydrogen-bond acceptors (Lipinski definition) is 5. The molecule has 0 fully saturated rings. The van der Waals surface area contributed by atoms with Gasteiger partial charge in [-0.3, -0.25) is 9.63 Å². The summed E-state index contributed by atoms with van der Waals surface area (Å²) in [5.41, 5.74) is 3.31. The molecule has 18 heavy (non-hydrogen) atoms. The predicted octanol–water partition coefficient (Wildman–Crippen LogP) is 0.376. The molecule has 1 aromatic rings. The Morgan fingerprint density at radius 1 is 1.33 bits per heavy atom. The van der Waals surface area contributed by atoms with Gasteiger partial charge in [-0.1, -0.05) is 30.3 Å². The van der Waals surface area contributed by atoms with Crippen molar-refractivity contribution in [1.82, 2.24) is 5.48 Å². The minimum atomic E-state index is -1.12. The number of methoxy groups -OCH3 is 1. The van der Waals surface area contributed by atoms with Crippen molar-refractivity contribution in [1.29, 1.82) is 0 Å². The molecular formula is C12H15NO5. The number of rotatable bonds is 7. The zero-order valence-electron chi connectivity index (χ0n) is 9.96. The van der Waals surface area contributed by atoms with Crippen molar-refractivity contribution in [2.75, 3.05) is 13.7 Å². The summed E-state index contributed by atoms with van der Waals surface area (Å²) >= 11 is 0. The number of aliphatic carboxylic acids is 1. The van der Waals surface area contributed by atoms with E-state index < -0.39 is 24.6 Å². The summed E-state index contributed by atoms with van der Waals surface area (Å²) < 4.78 is 4.61. The monoisotopic (exact) mass is 253 g/mol. The number of esters is 1. The van der Waals surface area contributed by atoms with E-state index in [1.165, 1.54) is 7.11 Å². The molecule has 0 saturated carbocycles. The van der Waals surface area contributed by atoms with Crippen LogP contribution < -0.4 is 5.48 Å². The minimum absolute atomic E-state index is 0.354. The maximum Gasteiger partial charge on any atom is 0.331 e. The Morgan fingerprint density at radius 2 is 2.00 bits per heavy atom. The average molecular weight is 253 g/mol. The number of benzene rings is 1. The van der Waals surface area contributed by atoms with Crippen molar-refractivity contribution in [2.45, 2.75) is 12.5 Å². The van der Waals surface area contributed by atoms with Crippen LogP contribution in [0.4, 0.5) is 0 Å². The normalized spacial score (nSPS) is 11.8. The lowest BCUT2D eigenvalue weighted by molar-refractivity contribution is -0.154. The highest BCUT2D eigenvalue weighted by atomic mass is 16.7. The lowest BCUT2D eigenvalue weighted by atomic mass is 10.1. The van der Waals surface area contributed by atoms with Crippen LogP contribution in [0.2, 0.25) is 0 Å². The zero-order chi connectivity index (χ0) is 13.4. The average Bonchev–Trinajstić information content (AvgIpc) is 2.37. The van der Waals surface area contributed by atoms with Crippen molar-refractivity contribution in [3.63, 3.8) is 0 Å². The van der Waals surface area contributed by atoms with Crippen LogP contribution in [0.3, 0.4) is 0 Å². The van der Waals surface area contributed by atoms with Gasteiger partial charge in [0.2, 0.25) is 0 Å². The van der Waals surface area contributed by atoms with Gasteiger partial charge in [0.05, 0.1) is 7.11 Å². The number of carbonyl (C=O) groups excluding carboxylic acids is 1. The fourth-order valence-corrected chi connectivity index (χ4v) is 1.37. The van der Waals surface area contributed by atoms with E-state index in [-0.39, 0.29) is 0 Å². The van der Waals surface area contributed by atoms with E-state index in [2.05, 4.69) is 10.2 Å². The van der Waals surface area contributed by atoms with E-state index in [0.29, 0.717) is 6.42 Å². The molecule has 0 amide bonds. The third-order valence-corrected chi connectivity index (χ3v) is 2.19. The zero-order valence-corrected chi connectivity index (χ0v) is 9.96. The first-order chi connectivity index (χ1) is 8.63. The molecule has 1 rings (SSSR count). The summed E-state index contributed by atoms with van der Waals surface area (Å²) in [6.07, 6.45) is 0.354. The smallest absolute Gasteiger partial charge is 0.331 e. The van der Waals surface area contributed by atoms with Crippen LogP contribution in [-0.2, 0) is 25.6 Å². The molecule has 0 unspecified atom stereocenters. The summed E-state index contributed by atoms with van der Waals surface area (Å²) in [5.74, 6) is -1.63. The molecule has 0 aromatic heterocycles. The summed E-state index contributed by atoms with van der Waals surface area (Å²) in [4.78, 5) is 26.5. The Bertz CT molecular complexity index is 393. The maximum absolute atomic E-state index is 11.5. The van der Waals surface area contributed by atoms with Gasteiger partial charge in [0.1, 0.15) is 6.04 Å². The quantitative estimate of drug-likeness (QED) is 0.539. The highest BCUT2D eigenvalue weighted by Crippen LogP contribution is 2.04. The number of carboxylic acids is 1. The number of nitrogens with one attached hydrogen (secondary N) is 1. The fourth-order valence-electron chi connectivity index (χ4n) is 1.37. The van der Waals surface area contributed by atoms with E-state index in [1.54, 1.807) is 0 Å². The van der Waals surface area contributed by atoms with E-state index in [4.69, 9.17) is 9.94 Å². The number of carbonyl (C=O) groups is 2. The van der Waals surface area contributed by atoms with Crippen LogP contribution in [0.25, 0.3) is 0 Å². The lowest BCUT2D eigenvalue weighted by Crippen LogP contribution is -2.40. The SMILES string of the molecule is COC(=O)[C@H](Cc1ccccc1)NOCC(=O)O. The molecule has 0 radical (unpaired) electrons. The van der Waals surface area contributed by atoms with Crippen LogP contribution in [-0.4, -0.2) is 36.8 Å².